The number of aromatic amines is 1. The van der Waals surface area contributed by atoms with Crippen LogP contribution in [0.4, 0.5) is 10.1 Å². The van der Waals surface area contributed by atoms with Crippen molar-refractivity contribution in [1.82, 2.24) is 20.7 Å². The largest absolute Gasteiger partial charge is 0.325 e. The van der Waals surface area contributed by atoms with Crippen LogP contribution in [0.5, 0.6) is 0 Å². The third-order valence-corrected chi connectivity index (χ3v) is 4.38. The standard InChI is InChI=1S/C16H15FN6O3S/c1-7(2)27-16-20-14(25)12(15(26)21-16)13(24)19-8-3-4-9(10(17)5-8)11-6-18-23-22-11/h3-7,12H,1-2H3,(H,19,24)(H,18,22,23)(H,20,21,25,26). The molecule has 3 amide bonds. The van der Waals surface area contributed by atoms with E-state index in [1.54, 1.807) is 0 Å². The molecule has 0 fully saturated rings. The summed E-state index contributed by atoms with van der Waals surface area (Å²) < 4.78 is 14.2. The van der Waals surface area contributed by atoms with Crippen molar-refractivity contribution in [1.29, 1.82) is 0 Å². The molecule has 2 heterocycles. The number of amides is 3. The summed E-state index contributed by atoms with van der Waals surface area (Å²) in [6, 6.07) is 3.90. The van der Waals surface area contributed by atoms with Crippen molar-refractivity contribution in [2.45, 2.75) is 19.1 Å². The van der Waals surface area contributed by atoms with E-state index in [9.17, 15) is 18.8 Å². The van der Waals surface area contributed by atoms with Gasteiger partial charge in [0, 0.05) is 16.5 Å². The van der Waals surface area contributed by atoms with E-state index in [0.29, 0.717) is 5.69 Å². The number of nitrogens with zero attached hydrogens (tertiary/aromatic N) is 3. The molecule has 0 saturated carbocycles. The minimum atomic E-state index is -1.63. The van der Waals surface area contributed by atoms with Crippen LogP contribution in [0.2, 0.25) is 0 Å². The summed E-state index contributed by atoms with van der Waals surface area (Å²) in [5.41, 5.74) is 0.585. The van der Waals surface area contributed by atoms with Crippen molar-refractivity contribution >= 4 is 40.3 Å². The second-order valence-electron chi connectivity index (χ2n) is 5.88. The van der Waals surface area contributed by atoms with E-state index in [2.05, 4.69) is 31.0 Å². The van der Waals surface area contributed by atoms with E-state index in [0.717, 1.165) is 6.07 Å². The van der Waals surface area contributed by atoms with Gasteiger partial charge in [-0.1, -0.05) is 25.6 Å². The van der Waals surface area contributed by atoms with Gasteiger partial charge in [0.1, 0.15) is 11.5 Å². The molecule has 1 atom stereocenters. The van der Waals surface area contributed by atoms with Crippen molar-refractivity contribution in [3.63, 3.8) is 0 Å². The van der Waals surface area contributed by atoms with Crippen LogP contribution in [0.1, 0.15) is 13.8 Å². The molecule has 27 heavy (non-hydrogen) atoms. The molecule has 1 aromatic heterocycles. The number of carbonyl (C=O) groups excluding carboxylic acids is 3. The normalized spacial score (nSPS) is 16.9. The highest BCUT2D eigenvalue weighted by atomic mass is 32.2. The number of aromatic nitrogens is 3. The van der Waals surface area contributed by atoms with Gasteiger partial charge in [0.15, 0.2) is 11.1 Å². The van der Waals surface area contributed by atoms with Gasteiger partial charge < -0.3 is 10.6 Å². The minimum absolute atomic E-state index is 0.0941. The highest BCUT2D eigenvalue weighted by Crippen LogP contribution is 2.24. The Morgan fingerprint density at radius 2 is 2.11 bits per heavy atom. The molecule has 1 aliphatic heterocycles. The molecule has 0 aliphatic carbocycles. The van der Waals surface area contributed by atoms with Crippen LogP contribution in [0, 0.1) is 11.7 Å². The minimum Gasteiger partial charge on any atom is -0.325 e. The fourth-order valence-electron chi connectivity index (χ4n) is 2.34. The molecular weight excluding hydrogens is 375 g/mol. The van der Waals surface area contributed by atoms with E-state index < -0.39 is 29.5 Å². The fraction of sp³-hybridized carbons (Fsp3) is 0.250. The van der Waals surface area contributed by atoms with Gasteiger partial charge in [0.25, 0.3) is 5.91 Å². The van der Waals surface area contributed by atoms with Gasteiger partial charge >= 0.3 is 0 Å². The molecule has 0 spiro atoms. The van der Waals surface area contributed by atoms with Gasteiger partial charge in [-0.15, -0.1) is 0 Å². The maximum atomic E-state index is 14.2. The lowest BCUT2D eigenvalue weighted by molar-refractivity contribution is -0.139. The lowest BCUT2D eigenvalue weighted by Gasteiger charge is -2.20. The fourth-order valence-corrected chi connectivity index (χ4v) is 3.09. The number of nitrogens with one attached hydrogen (secondary N) is 3. The first kappa shape index (κ1) is 18.7. The van der Waals surface area contributed by atoms with Crippen molar-refractivity contribution in [2.75, 3.05) is 5.32 Å². The van der Waals surface area contributed by atoms with Crippen molar-refractivity contribution in [3.05, 3.63) is 30.2 Å². The Labute approximate surface area is 157 Å². The molecule has 1 unspecified atom stereocenters. The lowest BCUT2D eigenvalue weighted by Crippen LogP contribution is -2.48. The Kier molecular flexibility index (Phi) is 5.31. The number of rotatable bonds is 4. The molecule has 9 nitrogen and oxygen atoms in total. The van der Waals surface area contributed by atoms with Crippen molar-refractivity contribution < 1.29 is 18.8 Å². The van der Waals surface area contributed by atoms with Gasteiger partial charge in [0.2, 0.25) is 11.8 Å². The van der Waals surface area contributed by atoms with Gasteiger partial charge in [-0.25, -0.2) is 4.39 Å². The van der Waals surface area contributed by atoms with Crippen LogP contribution in [0.25, 0.3) is 11.3 Å². The Morgan fingerprint density at radius 3 is 2.70 bits per heavy atom. The number of amidine groups is 1. The number of aliphatic imine (C=N–C) groups is 1. The predicted molar refractivity (Wildman–Crippen MR) is 97.2 cm³/mol. The highest BCUT2D eigenvalue weighted by molar-refractivity contribution is 8.14. The van der Waals surface area contributed by atoms with Crippen LogP contribution in [0.3, 0.4) is 0 Å². The number of benzene rings is 1. The lowest BCUT2D eigenvalue weighted by atomic mass is 10.1. The number of halogens is 1. The van der Waals surface area contributed by atoms with Gasteiger partial charge in [-0.3, -0.25) is 14.4 Å². The van der Waals surface area contributed by atoms with E-state index in [-0.39, 0.29) is 21.7 Å². The van der Waals surface area contributed by atoms with E-state index >= 15 is 0 Å². The maximum absolute atomic E-state index is 14.2. The van der Waals surface area contributed by atoms with Crippen molar-refractivity contribution in [3.8, 4) is 11.3 Å². The topological polar surface area (TPSA) is 129 Å². The zero-order valence-electron chi connectivity index (χ0n) is 14.3. The Hall–Kier alpha value is -3.08. The summed E-state index contributed by atoms with van der Waals surface area (Å²) in [6.45, 7) is 3.75. The molecule has 1 aromatic carbocycles. The zero-order chi connectivity index (χ0) is 19.6. The molecule has 1 aliphatic rings. The SMILES string of the molecule is CC(C)SC1=NC(=O)C(C(=O)Nc2ccc(-c3cn[nH]n3)c(F)c2)C(=O)N1. The summed E-state index contributed by atoms with van der Waals surface area (Å²) in [6.07, 6.45) is 1.35. The van der Waals surface area contributed by atoms with Gasteiger partial charge in [-0.2, -0.15) is 20.4 Å². The Bertz CT molecular complexity index is 928. The molecule has 2 aromatic rings. The van der Waals surface area contributed by atoms with E-state index in [4.69, 9.17) is 0 Å². The molecule has 0 bridgehead atoms. The molecule has 0 radical (unpaired) electrons. The molecular formula is C16H15FN6O3S. The van der Waals surface area contributed by atoms with Gasteiger partial charge in [-0.05, 0) is 18.2 Å². The molecule has 3 N–H and O–H groups in total. The second-order valence-corrected chi connectivity index (χ2v) is 7.45. The Morgan fingerprint density at radius 1 is 1.33 bits per heavy atom. The third kappa shape index (κ3) is 4.19. The van der Waals surface area contributed by atoms with Crippen LogP contribution in [0.15, 0.2) is 29.4 Å². The van der Waals surface area contributed by atoms with Crippen molar-refractivity contribution in [2.24, 2.45) is 10.9 Å². The number of thioether (sulfide) groups is 1. The molecule has 3 rings (SSSR count). The third-order valence-electron chi connectivity index (χ3n) is 3.49. The molecule has 140 valence electrons. The first-order valence-electron chi connectivity index (χ1n) is 7.91. The van der Waals surface area contributed by atoms with Crippen LogP contribution in [-0.2, 0) is 14.4 Å². The highest BCUT2D eigenvalue weighted by Gasteiger charge is 2.38. The van der Waals surface area contributed by atoms with Crippen LogP contribution in [-0.4, -0.2) is 43.5 Å². The van der Waals surface area contributed by atoms with E-state index in [1.165, 1.54) is 30.1 Å². The maximum Gasteiger partial charge on any atom is 0.270 e. The first-order chi connectivity index (χ1) is 12.8. The number of carbonyl (C=O) groups is 3. The van der Waals surface area contributed by atoms with Crippen LogP contribution >= 0.6 is 11.8 Å². The number of H-pyrrole nitrogens is 1. The summed E-state index contributed by atoms with van der Waals surface area (Å²) in [5, 5.41) is 14.8. The summed E-state index contributed by atoms with van der Waals surface area (Å²) >= 11 is 1.21. The monoisotopic (exact) mass is 390 g/mol. The molecule has 0 saturated heterocycles. The predicted octanol–water partition coefficient (Wildman–Crippen LogP) is 1.32. The Balaban J connectivity index is 1.74. The smallest absolute Gasteiger partial charge is 0.270 e. The number of hydrogen-bond acceptors (Lipinski definition) is 6. The zero-order valence-corrected chi connectivity index (χ0v) is 15.1. The number of anilines is 1. The molecule has 11 heteroatoms. The quantitative estimate of drug-likeness (QED) is 0.675. The summed E-state index contributed by atoms with van der Waals surface area (Å²) in [5.74, 6) is -4.78. The van der Waals surface area contributed by atoms with E-state index in [1.807, 2.05) is 13.8 Å². The van der Waals surface area contributed by atoms with Crippen LogP contribution < -0.4 is 10.6 Å². The summed E-state index contributed by atoms with van der Waals surface area (Å²) in [4.78, 5) is 40.3. The average molecular weight is 390 g/mol. The number of hydrogen-bond donors (Lipinski definition) is 3. The average Bonchev–Trinajstić information content (AvgIpc) is 3.07. The van der Waals surface area contributed by atoms with Gasteiger partial charge in [0.05, 0.1) is 6.20 Å². The first-order valence-corrected chi connectivity index (χ1v) is 8.79. The summed E-state index contributed by atoms with van der Waals surface area (Å²) in [7, 11) is 0. The second kappa shape index (κ2) is 7.66.